The number of aromatic amines is 1. The minimum atomic E-state index is -0.0929. The van der Waals surface area contributed by atoms with Crippen LogP contribution in [0.3, 0.4) is 0 Å². The average molecular weight is 403 g/mol. The molecule has 28 heavy (non-hydrogen) atoms. The number of thioether (sulfide) groups is 1. The number of rotatable bonds is 4. The highest BCUT2D eigenvalue weighted by atomic mass is 32.2. The summed E-state index contributed by atoms with van der Waals surface area (Å²) in [5.41, 5.74) is 7.92. The van der Waals surface area contributed by atoms with Crippen LogP contribution in [0.15, 0.2) is 0 Å². The molecule has 5 nitrogen and oxygen atoms in total. The third kappa shape index (κ3) is 3.78. The first kappa shape index (κ1) is 20.0. The molecule has 0 bridgehead atoms. The summed E-state index contributed by atoms with van der Waals surface area (Å²) in [5, 5.41) is 12.9. The number of hydrogen-bond donors (Lipinski definition) is 1. The SMILES string of the molecule is CC(C)c1n[nH]c2c1CSCC(CC(C)c1nn(C)c3c1COC(C)(C)C3)C2. The average Bonchev–Trinajstić information content (AvgIpc) is 3.09. The van der Waals surface area contributed by atoms with Gasteiger partial charge in [-0.25, -0.2) is 0 Å². The van der Waals surface area contributed by atoms with Crippen LogP contribution in [0.1, 0.15) is 86.8 Å². The molecule has 4 rings (SSSR count). The lowest BCUT2D eigenvalue weighted by molar-refractivity contribution is -0.0418. The largest absolute Gasteiger partial charge is 0.370 e. The molecule has 0 aliphatic carbocycles. The van der Waals surface area contributed by atoms with Crippen molar-refractivity contribution in [1.82, 2.24) is 20.0 Å². The molecule has 0 amide bonds. The van der Waals surface area contributed by atoms with Gasteiger partial charge in [-0.15, -0.1) is 0 Å². The van der Waals surface area contributed by atoms with Gasteiger partial charge in [0.05, 0.1) is 23.6 Å². The number of aryl methyl sites for hydroxylation is 1. The standard InChI is InChI=1S/C22H34N4OS/c1-13(2)20-17-12-28-11-15(8-18(17)23-24-20)7-14(3)21-16-10-27-22(4,5)9-19(16)26(6)25-21/h13-15H,7-12H2,1-6H3,(H,23,24). The Hall–Kier alpha value is -1.27. The molecule has 2 aromatic rings. The summed E-state index contributed by atoms with van der Waals surface area (Å²) in [6.07, 6.45) is 3.20. The fourth-order valence-corrected chi connectivity index (χ4v) is 6.02. The van der Waals surface area contributed by atoms with Crippen LogP contribution in [0.25, 0.3) is 0 Å². The van der Waals surface area contributed by atoms with Gasteiger partial charge in [0.25, 0.3) is 0 Å². The number of nitrogens with one attached hydrogen (secondary N) is 1. The van der Waals surface area contributed by atoms with Crippen LogP contribution in [-0.2, 0) is 37.0 Å². The normalized spacial score (nSPS) is 22.6. The van der Waals surface area contributed by atoms with E-state index < -0.39 is 0 Å². The predicted molar refractivity (Wildman–Crippen MR) is 115 cm³/mol. The van der Waals surface area contributed by atoms with Gasteiger partial charge >= 0.3 is 0 Å². The predicted octanol–water partition coefficient (Wildman–Crippen LogP) is 4.72. The molecular formula is C22H34N4OS. The molecule has 2 aliphatic rings. The maximum Gasteiger partial charge on any atom is 0.0760 e. The van der Waals surface area contributed by atoms with Gasteiger partial charge in [-0.1, -0.05) is 20.8 Å². The van der Waals surface area contributed by atoms with E-state index in [-0.39, 0.29) is 5.60 Å². The van der Waals surface area contributed by atoms with Crippen LogP contribution in [0, 0.1) is 5.92 Å². The van der Waals surface area contributed by atoms with Crippen LogP contribution < -0.4 is 0 Å². The molecule has 0 saturated heterocycles. The minimum absolute atomic E-state index is 0.0929. The Morgan fingerprint density at radius 1 is 1.25 bits per heavy atom. The van der Waals surface area contributed by atoms with Crippen molar-refractivity contribution in [2.45, 2.75) is 83.7 Å². The summed E-state index contributed by atoms with van der Waals surface area (Å²) in [7, 11) is 2.09. The van der Waals surface area contributed by atoms with E-state index in [1.54, 1.807) is 0 Å². The van der Waals surface area contributed by atoms with Crippen LogP contribution in [-0.4, -0.2) is 31.3 Å². The second-order valence-electron chi connectivity index (χ2n) is 9.60. The molecule has 2 aromatic heterocycles. The Morgan fingerprint density at radius 3 is 2.79 bits per heavy atom. The molecule has 154 valence electrons. The zero-order chi connectivity index (χ0) is 20.1. The van der Waals surface area contributed by atoms with Gasteiger partial charge in [-0.05, 0) is 44.3 Å². The van der Waals surface area contributed by atoms with Crippen molar-refractivity contribution in [3.8, 4) is 0 Å². The highest BCUT2D eigenvalue weighted by molar-refractivity contribution is 7.98. The number of H-pyrrole nitrogens is 1. The second-order valence-corrected chi connectivity index (χ2v) is 10.6. The molecule has 2 aliphatic heterocycles. The number of hydrogen-bond acceptors (Lipinski definition) is 4. The lowest BCUT2D eigenvalue weighted by atomic mass is 9.87. The summed E-state index contributed by atoms with van der Waals surface area (Å²) in [5.74, 6) is 3.88. The Bertz CT molecular complexity index is 851. The molecule has 0 saturated carbocycles. The topological polar surface area (TPSA) is 55.7 Å². The fourth-order valence-electron chi connectivity index (χ4n) is 4.78. The van der Waals surface area contributed by atoms with Gasteiger partial charge in [-0.2, -0.15) is 22.0 Å². The van der Waals surface area contributed by atoms with Crippen LogP contribution >= 0.6 is 11.8 Å². The molecule has 6 heteroatoms. The highest BCUT2D eigenvalue weighted by Gasteiger charge is 2.33. The first-order valence-corrected chi connectivity index (χ1v) is 11.7. The Balaban J connectivity index is 1.51. The van der Waals surface area contributed by atoms with Gasteiger partial charge in [0.15, 0.2) is 0 Å². The molecule has 4 heterocycles. The van der Waals surface area contributed by atoms with Crippen molar-refractivity contribution in [3.05, 3.63) is 33.9 Å². The third-order valence-corrected chi connectivity index (χ3v) is 7.48. The number of ether oxygens (including phenoxy) is 1. The van der Waals surface area contributed by atoms with Gasteiger partial charge < -0.3 is 4.74 Å². The van der Waals surface area contributed by atoms with E-state index in [0.29, 0.717) is 24.4 Å². The monoisotopic (exact) mass is 402 g/mol. The molecular weight excluding hydrogens is 368 g/mol. The maximum absolute atomic E-state index is 6.11. The Kier molecular flexibility index (Phi) is 5.38. The summed E-state index contributed by atoms with van der Waals surface area (Å²) in [6.45, 7) is 11.8. The fraction of sp³-hybridized carbons (Fsp3) is 0.727. The van der Waals surface area contributed by atoms with Crippen molar-refractivity contribution < 1.29 is 4.74 Å². The summed E-state index contributed by atoms with van der Waals surface area (Å²) >= 11 is 2.06. The summed E-state index contributed by atoms with van der Waals surface area (Å²) < 4.78 is 8.20. The summed E-state index contributed by atoms with van der Waals surface area (Å²) in [4.78, 5) is 0. The molecule has 1 N–H and O–H groups in total. The zero-order valence-electron chi connectivity index (χ0n) is 18.1. The number of fused-ring (bicyclic) bond motifs is 2. The number of aromatic nitrogens is 4. The minimum Gasteiger partial charge on any atom is -0.370 e. The first-order valence-electron chi connectivity index (χ1n) is 10.6. The second kappa shape index (κ2) is 7.52. The van der Waals surface area contributed by atoms with Crippen LogP contribution in [0.5, 0.6) is 0 Å². The van der Waals surface area contributed by atoms with Crippen LogP contribution in [0.4, 0.5) is 0 Å². The van der Waals surface area contributed by atoms with Crippen molar-refractivity contribution in [2.75, 3.05) is 5.75 Å². The van der Waals surface area contributed by atoms with Gasteiger partial charge in [0.2, 0.25) is 0 Å². The zero-order valence-corrected chi connectivity index (χ0v) is 18.9. The first-order chi connectivity index (χ1) is 13.2. The van der Waals surface area contributed by atoms with Crippen LogP contribution in [0.2, 0.25) is 0 Å². The number of nitrogens with zero attached hydrogens (tertiary/aromatic N) is 3. The molecule has 2 atom stereocenters. The lowest BCUT2D eigenvalue weighted by Crippen LogP contribution is -2.32. The molecule has 0 radical (unpaired) electrons. The lowest BCUT2D eigenvalue weighted by Gasteiger charge is -2.31. The van der Waals surface area contributed by atoms with E-state index in [9.17, 15) is 0 Å². The molecule has 0 spiro atoms. The third-order valence-electron chi connectivity index (χ3n) is 6.28. The van der Waals surface area contributed by atoms with Crippen molar-refractivity contribution in [2.24, 2.45) is 13.0 Å². The molecule has 2 unspecified atom stereocenters. The Morgan fingerprint density at radius 2 is 2.04 bits per heavy atom. The van der Waals surface area contributed by atoms with Crippen molar-refractivity contribution in [3.63, 3.8) is 0 Å². The van der Waals surface area contributed by atoms with E-state index in [2.05, 4.69) is 68.3 Å². The summed E-state index contributed by atoms with van der Waals surface area (Å²) in [6, 6.07) is 0. The van der Waals surface area contributed by atoms with E-state index in [0.717, 1.165) is 25.0 Å². The van der Waals surface area contributed by atoms with E-state index in [1.165, 1.54) is 39.7 Å². The molecule has 0 fully saturated rings. The Labute approximate surface area is 173 Å². The van der Waals surface area contributed by atoms with Gasteiger partial charge in [0, 0.05) is 47.7 Å². The van der Waals surface area contributed by atoms with Crippen molar-refractivity contribution in [1.29, 1.82) is 0 Å². The van der Waals surface area contributed by atoms with Gasteiger partial charge in [-0.3, -0.25) is 9.78 Å². The molecule has 0 aromatic carbocycles. The quantitative estimate of drug-likeness (QED) is 0.804. The maximum atomic E-state index is 6.11. The van der Waals surface area contributed by atoms with Crippen molar-refractivity contribution >= 4 is 11.8 Å². The van der Waals surface area contributed by atoms with Gasteiger partial charge in [0.1, 0.15) is 0 Å². The smallest absolute Gasteiger partial charge is 0.0760 e. The van der Waals surface area contributed by atoms with E-state index in [1.807, 2.05) is 0 Å². The van der Waals surface area contributed by atoms with E-state index >= 15 is 0 Å². The van der Waals surface area contributed by atoms with E-state index in [4.69, 9.17) is 9.84 Å². The highest BCUT2D eigenvalue weighted by Crippen LogP contribution is 2.37.